The maximum absolute atomic E-state index is 12.0. The highest BCUT2D eigenvalue weighted by molar-refractivity contribution is 7.99. The van der Waals surface area contributed by atoms with Crippen LogP contribution >= 0.6 is 23.4 Å². The minimum atomic E-state index is -3.31. The molecule has 0 aliphatic heterocycles. The SMILES string of the molecule is CCS(=O)(=O)c1ccc2oc(SCC(=O)Nc3ccc(Cl)cn3)nc2c1. The molecule has 0 spiro atoms. The molecule has 26 heavy (non-hydrogen) atoms. The number of carbonyl (C=O) groups excluding carboxylic acids is 1. The van der Waals surface area contributed by atoms with Gasteiger partial charge < -0.3 is 9.73 Å². The lowest BCUT2D eigenvalue weighted by Gasteiger charge is -2.02. The van der Waals surface area contributed by atoms with Crippen LogP contribution in [-0.4, -0.2) is 35.8 Å². The molecule has 0 aliphatic carbocycles. The Morgan fingerprint density at radius 3 is 2.81 bits per heavy atom. The van der Waals surface area contributed by atoms with Gasteiger partial charge in [0.05, 0.1) is 21.4 Å². The van der Waals surface area contributed by atoms with Gasteiger partial charge in [0.2, 0.25) is 5.91 Å². The first kappa shape index (κ1) is 18.7. The molecule has 2 aromatic heterocycles. The fraction of sp³-hybridized carbons (Fsp3) is 0.188. The zero-order chi connectivity index (χ0) is 18.7. The Balaban J connectivity index is 1.67. The van der Waals surface area contributed by atoms with E-state index in [0.29, 0.717) is 21.9 Å². The Morgan fingerprint density at radius 2 is 2.12 bits per heavy atom. The second-order valence-corrected chi connectivity index (χ2v) is 8.85. The number of nitrogens with zero attached hydrogens (tertiary/aromatic N) is 2. The van der Waals surface area contributed by atoms with Crippen LogP contribution in [0.4, 0.5) is 5.82 Å². The number of thioether (sulfide) groups is 1. The second-order valence-electron chi connectivity index (χ2n) is 5.21. The van der Waals surface area contributed by atoms with Crippen molar-refractivity contribution in [2.75, 3.05) is 16.8 Å². The zero-order valence-electron chi connectivity index (χ0n) is 13.6. The monoisotopic (exact) mass is 411 g/mol. The van der Waals surface area contributed by atoms with Gasteiger partial charge in [0.15, 0.2) is 15.4 Å². The minimum Gasteiger partial charge on any atom is -0.431 e. The topological polar surface area (TPSA) is 102 Å². The zero-order valence-corrected chi connectivity index (χ0v) is 16.0. The van der Waals surface area contributed by atoms with Crippen molar-refractivity contribution >= 4 is 56.0 Å². The largest absolute Gasteiger partial charge is 0.431 e. The Bertz CT molecular complexity index is 1050. The molecular formula is C16H14ClN3O4S2. The number of aromatic nitrogens is 2. The average Bonchev–Trinajstić information content (AvgIpc) is 3.04. The van der Waals surface area contributed by atoms with E-state index in [9.17, 15) is 13.2 Å². The van der Waals surface area contributed by atoms with Crippen LogP contribution in [0.25, 0.3) is 11.1 Å². The van der Waals surface area contributed by atoms with E-state index >= 15 is 0 Å². The van der Waals surface area contributed by atoms with Gasteiger partial charge in [-0.3, -0.25) is 4.79 Å². The number of benzene rings is 1. The van der Waals surface area contributed by atoms with Crippen LogP contribution in [0, 0.1) is 0 Å². The van der Waals surface area contributed by atoms with E-state index in [4.69, 9.17) is 16.0 Å². The first-order chi connectivity index (χ1) is 12.4. The van der Waals surface area contributed by atoms with E-state index in [1.807, 2.05) is 0 Å². The van der Waals surface area contributed by atoms with Crippen molar-refractivity contribution in [1.29, 1.82) is 0 Å². The van der Waals surface area contributed by atoms with Gasteiger partial charge in [0, 0.05) is 6.20 Å². The predicted octanol–water partition coefficient (Wildman–Crippen LogP) is 3.40. The molecule has 7 nitrogen and oxygen atoms in total. The molecule has 1 N–H and O–H groups in total. The van der Waals surface area contributed by atoms with Crippen LogP contribution in [0.2, 0.25) is 5.02 Å². The highest BCUT2D eigenvalue weighted by Crippen LogP contribution is 2.26. The maximum atomic E-state index is 12.0. The van der Waals surface area contributed by atoms with Gasteiger partial charge in [-0.05, 0) is 30.3 Å². The lowest BCUT2D eigenvalue weighted by atomic mass is 10.3. The summed E-state index contributed by atoms with van der Waals surface area (Å²) < 4.78 is 29.4. The van der Waals surface area contributed by atoms with Crippen molar-refractivity contribution in [2.45, 2.75) is 17.0 Å². The molecule has 0 saturated heterocycles. The molecule has 0 aliphatic rings. The summed E-state index contributed by atoms with van der Waals surface area (Å²) in [5.41, 5.74) is 0.893. The number of hydrogen-bond acceptors (Lipinski definition) is 7. The van der Waals surface area contributed by atoms with Crippen LogP contribution in [0.1, 0.15) is 6.92 Å². The summed E-state index contributed by atoms with van der Waals surface area (Å²) in [5, 5.41) is 3.39. The average molecular weight is 412 g/mol. The number of pyridine rings is 1. The number of fused-ring (bicyclic) bond motifs is 1. The van der Waals surface area contributed by atoms with Crippen molar-refractivity contribution in [2.24, 2.45) is 0 Å². The summed E-state index contributed by atoms with van der Waals surface area (Å²) >= 11 is 6.84. The van der Waals surface area contributed by atoms with Crippen molar-refractivity contribution in [3.05, 3.63) is 41.6 Å². The summed E-state index contributed by atoms with van der Waals surface area (Å²) in [6, 6.07) is 7.74. The summed E-state index contributed by atoms with van der Waals surface area (Å²) in [6.45, 7) is 1.58. The molecule has 3 rings (SSSR count). The Hall–Kier alpha value is -2.10. The van der Waals surface area contributed by atoms with Crippen molar-refractivity contribution in [1.82, 2.24) is 9.97 Å². The molecule has 10 heteroatoms. The minimum absolute atomic E-state index is 0.0108. The highest BCUT2D eigenvalue weighted by atomic mass is 35.5. The molecule has 0 atom stereocenters. The smallest absolute Gasteiger partial charge is 0.257 e. The summed E-state index contributed by atoms with van der Waals surface area (Å²) in [7, 11) is -3.31. The van der Waals surface area contributed by atoms with Gasteiger partial charge >= 0.3 is 0 Å². The number of nitrogens with one attached hydrogen (secondary N) is 1. The lowest BCUT2D eigenvalue weighted by molar-refractivity contribution is -0.113. The number of halogens is 1. The fourth-order valence-electron chi connectivity index (χ4n) is 2.06. The molecular weight excluding hydrogens is 398 g/mol. The van der Waals surface area contributed by atoms with Crippen LogP contribution in [0.3, 0.4) is 0 Å². The molecule has 1 amide bonds. The van der Waals surface area contributed by atoms with Gasteiger partial charge in [0.25, 0.3) is 5.22 Å². The number of carbonyl (C=O) groups is 1. The van der Waals surface area contributed by atoms with Crippen molar-refractivity contribution < 1.29 is 17.6 Å². The molecule has 3 aromatic rings. The molecule has 136 valence electrons. The van der Waals surface area contributed by atoms with Crippen LogP contribution in [-0.2, 0) is 14.6 Å². The third kappa shape index (κ3) is 4.35. The Kier molecular flexibility index (Phi) is 5.49. The first-order valence-electron chi connectivity index (χ1n) is 7.55. The number of anilines is 1. The maximum Gasteiger partial charge on any atom is 0.257 e. The van der Waals surface area contributed by atoms with Gasteiger partial charge in [-0.2, -0.15) is 0 Å². The summed E-state index contributed by atoms with van der Waals surface area (Å²) in [6.07, 6.45) is 1.44. The van der Waals surface area contributed by atoms with E-state index in [2.05, 4.69) is 15.3 Å². The number of oxazole rings is 1. The van der Waals surface area contributed by atoms with E-state index in [1.165, 1.54) is 18.3 Å². The summed E-state index contributed by atoms with van der Waals surface area (Å²) in [5.74, 6) is 0.196. The summed E-state index contributed by atoms with van der Waals surface area (Å²) in [4.78, 5) is 20.4. The van der Waals surface area contributed by atoms with Gasteiger partial charge in [0.1, 0.15) is 11.3 Å². The van der Waals surface area contributed by atoms with Gasteiger partial charge in [-0.1, -0.05) is 30.3 Å². The molecule has 0 radical (unpaired) electrons. The molecule has 0 fully saturated rings. The standard InChI is InChI=1S/C16H14ClN3O4S2/c1-2-26(22,23)11-4-5-13-12(7-11)19-16(24-13)25-9-15(21)20-14-6-3-10(17)8-18-14/h3-8H,2,9H2,1H3,(H,18,20,21). The number of hydrogen-bond donors (Lipinski definition) is 1. The normalized spacial score (nSPS) is 11.6. The Morgan fingerprint density at radius 1 is 1.31 bits per heavy atom. The van der Waals surface area contributed by atoms with E-state index < -0.39 is 9.84 Å². The number of sulfone groups is 1. The molecule has 2 heterocycles. The fourth-order valence-corrected chi connectivity index (χ4v) is 3.71. The van der Waals surface area contributed by atoms with Crippen LogP contribution < -0.4 is 5.32 Å². The quantitative estimate of drug-likeness (QED) is 0.620. The van der Waals surface area contributed by atoms with Crippen LogP contribution in [0.15, 0.2) is 51.1 Å². The lowest BCUT2D eigenvalue weighted by Crippen LogP contribution is -2.14. The van der Waals surface area contributed by atoms with Crippen molar-refractivity contribution in [3.8, 4) is 0 Å². The van der Waals surface area contributed by atoms with Gasteiger partial charge in [-0.25, -0.2) is 18.4 Å². The van der Waals surface area contributed by atoms with E-state index in [1.54, 1.807) is 25.1 Å². The van der Waals surface area contributed by atoms with E-state index in [0.717, 1.165) is 11.8 Å². The number of amides is 1. The number of rotatable bonds is 6. The van der Waals surface area contributed by atoms with Crippen LogP contribution in [0.5, 0.6) is 0 Å². The molecule has 0 unspecified atom stereocenters. The third-order valence-corrected chi connectivity index (χ3v) is 6.18. The predicted molar refractivity (Wildman–Crippen MR) is 100 cm³/mol. The van der Waals surface area contributed by atoms with E-state index in [-0.39, 0.29) is 27.5 Å². The molecule has 1 aromatic carbocycles. The molecule has 0 bridgehead atoms. The third-order valence-electron chi connectivity index (χ3n) is 3.40. The molecule has 0 saturated carbocycles. The first-order valence-corrected chi connectivity index (χ1v) is 10.6. The van der Waals surface area contributed by atoms with Crippen molar-refractivity contribution in [3.63, 3.8) is 0 Å². The van der Waals surface area contributed by atoms with Gasteiger partial charge in [-0.15, -0.1) is 0 Å². The Labute approximate surface area is 159 Å². The highest BCUT2D eigenvalue weighted by Gasteiger charge is 2.15. The second kappa shape index (κ2) is 7.65.